The molecule has 2 rings (SSSR count). The number of piperidine rings is 1. The molecule has 0 aliphatic carbocycles. The molecule has 3 amide bonds. The minimum atomic E-state index is -0.788. The average Bonchev–Trinajstić information content (AvgIpc) is 2.84. The summed E-state index contributed by atoms with van der Waals surface area (Å²) in [5.41, 5.74) is -0.788. The molecule has 2 heterocycles. The van der Waals surface area contributed by atoms with Crippen LogP contribution in [0.2, 0.25) is 0 Å². The van der Waals surface area contributed by atoms with Crippen molar-refractivity contribution in [3.63, 3.8) is 0 Å². The van der Waals surface area contributed by atoms with E-state index in [4.69, 9.17) is 0 Å². The Hall–Kier alpha value is -1.10. The van der Waals surface area contributed by atoms with Crippen LogP contribution in [0, 0.1) is 5.92 Å². The molecule has 144 valence electrons. The van der Waals surface area contributed by atoms with Gasteiger partial charge in [0.05, 0.1) is 0 Å². The van der Waals surface area contributed by atoms with E-state index in [9.17, 15) is 9.59 Å². The summed E-state index contributed by atoms with van der Waals surface area (Å²) in [6.07, 6.45) is 1.69. The maximum absolute atomic E-state index is 12.1. The van der Waals surface area contributed by atoms with Gasteiger partial charge in [-0.1, -0.05) is 6.92 Å². The molecule has 2 fully saturated rings. The molecule has 0 bridgehead atoms. The lowest BCUT2D eigenvalue weighted by atomic mass is 9.79. The number of imide groups is 1. The zero-order valence-corrected chi connectivity index (χ0v) is 17.9. The molecule has 3 N–H and O–H groups in total. The van der Waals surface area contributed by atoms with Crippen molar-refractivity contribution in [2.75, 3.05) is 46.8 Å². The highest BCUT2D eigenvalue weighted by molar-refractivity contribution is 14.0. The fourth-order valence-electron chi connectivity index (χ4n) is 3.36. The van der Waals surface area contributed by atoms with E-state index in [0.717, 1.165) is 51.5 Å². The molecule has 1 unspecified atom stereocenters. The Morgan fingerprint density at radius 2 is 2.04 bits per heavy atom. The van der Waals surface area contributed by atoms with Gasteiger partial charge in [-0.3, -0.25) is 15.1 Å². The fourth-order valence-corrected chi connectivity index (χ4v) is 3.36. The standard InChI is InChI=1S/C16H30N6O2.HI/c1-5-21(4)11-8-18-14(17-3)22-9-6-12(7-10-22)16(2)13(23)19-15(24)20-16;/h12H,5-11H2,1-4H3,(H,17,18)(H2,19,20,23,24);1H. The van der Waals surface area contributed by atoms with Gasteiger partial charge in [-0.05, 0) is 39.3 Å². The number of aliphatic imine (C=N–C) groups is 1. The van der Waals surface area contributed by atoms with Gasteiger partial charge in [0.2, 0.25) is 0 Å². The first-order chi connectivity index (χ1) is 11.4. The van der Waals surface area contributed by atoms with Crippen molar-refractivity contribution < 1.29 is 9.59 Å². The van der Waals surface area contributed by atoms with Gasteiger partial charge in [-0.15, -0.1) is 24.0 Å². The molecule has 0 aromatic rings. The second-order valence-electron chi connectivity index (χ2n) is 6.74. The first-order valence-corrected chi connectivity index (χ1v) is 8.68. The van der Waals surface area contributed by atoms with Crippen molar-refractivity contribution in [1.29, 1.82) is 0 Å². The molecule has 0 aromatic heterocycles. The number of amides is 3. The molecular formula is C16H31IN6O2. The first-order valence-electron chi connectivity index (χ1n) is 8.68. The van der Waals surface area contributed by atoms with Crippen LogP contribution >= 0.6 is 24.0 Å². The summed E-state index contributed by atoms with van der Waals surface area (Å²) in [4.78, 5) is 32.3. The van der Waals surface area contributed by atoms with Gasteiger partial charge in [-0.25, -0.2) is 4.79 Å². The van der Waals surface area contributed by atoms with Crippen molar-refractivity contribution in [2.45, 2.75) is 32.2 Å². The molecule has 2 aliphatic rings. The third kappa shape index (κ3) is 5.19. The first kappa shape index (κ1) is 21.9. The summed E-state index contributed by atoms with van der Waals surface area (Å²) in [6, 6.07) is -0.387. The number of carbonyl (C=O) groups excluding carboxylic acids is 2. The number of likely N-dealkylation sites (tertiary alicyclic amines) is 1. The number of guanidine groups is 1. The number of rotatable bonds is 5. The molecule has 0 saturated carbocycles. The average molecular weight is 466 g/mol. The zero-order chi connectivity index (χ0) is 17.7. The van der Waals surface area contributed by atoms with Gasteiger partial charge >= 0.3 is 6.03 Å². The van der Waals surface area contributed by atoms with Gasteiger partial charge in [0.15, 0.2) is 5.96 Å². The summed E-state index contributed by atoms with van der Waals surface area (Å²) < 4.78 is 0. The molecule has 25 heavy (non-hydrogen) atoms. The molecular weight excluding hydrogens is 435 g/mol. The monoisotopic (exact) mass is 466 g/mol. The highest BCUT2D eigenvalue weighted by Gasteiger charge is 2.48. The largest absolute Gasteiger partial charge is 0.355 e. The van der Waals surface area contributed by atoms with Crippen LogP contribution < -0.4 is 16.0 Å². The predicted octanol–water partition coefficient (Wildman–Crippen LogP) is 0.442. The molecule has 0 spiro atoms. The normalized spacial score (nSPS) is 24.8. The molecule has 0 aromatic carbocycles. The third-order valence-electron chi connectivity index (χ3n) is 5.21. The topological polar surface area (TPSA) is 89.1 Å². The smallest absolute Gasteiger partial charge is 0.322 e. The number of nitrogens with zero attached hydrogens (tertiary/aromatic N) is 3. The van der Waals surface area contributed by atoms with E-state index in [0.29, 0.717) is 0 Å². The highest BCUT2D eigenvalue weighted by atomic mass is 127. The fraction of sp³-hybridized carbons (Fsp3) is 0.812. The van der Waals surface area contributed by atoms with Crippen molar-refractivity contribution >= 4 is 41.9 Å². The lowest BCUT2D eigenvalue weighted by molar-refractivity contribution is -0.125. The number of carbonyl (C=O) groups is 2. The third-order valence-corrected chi connectivity index (χ3v) is 5.21. The maximum Gasteiger partial charge on any atom is 0.322 e. The Labute approximate surface area is 167 Å². The Balaban J connectivity index is 0.00000312. The molecule has 8 nitrogen and oxygen atoms in total. The summed E-state index contributed by atoms with van der Waals surface area (Å²) >= 11 is 0. The van der Waals surface area contributed by atoms with Gasteiger partial charge in [0.1, 0.15) is 5.54 Å². The van der Waals surface area contributed by atoms with E-state index in [1.54, 1.807) is 7.05 Å². The number of likely N-dealkylation sites (N-methyl/N-ethyl adjacent to an activating group) is 1. The van der Waals surface area contributed by atoms with Crippen LogP contribution in [-0.4, -0.2) is 80.1 Å². The molecule has 2 aliphatic heterocycles. The number of urea groups is 1. The van der Waals surface area contributed by atoms with Crippen LogP contribution in [0.4, 0.5) is 4.79 Å². The highest BCUT2D eigenvalue weighted by Crippen LogP contribution is 2.30. The van der Waals surface area contributed by atoms with E-state index < -0.39 is 5.54 Å². The van der Waals surface area contributed by atoms with Gasteiger partial charge < -0.3 is 20.4 Å². The summed E-state index contributed by atoms with van der Waals surface area (Å²) in [5, 5.41) is 8.54. The summed E-state index contributed by atoms with van der Waals surface area (Å²) in [6.45, 7) is 8.46. The van der Waals surface area contributed by atoms with Crippen LogP contribution in [0.1, 0.15) is 26.7 Å². The van der Waals surface area contributed by atoms with Gasteiger partial charge in [-0.2, -0.15) is 0 Å². The lowest BCUT2D eigenvalue weighted by Crippen LogP contribution is -2.55. The Morgan fingerprint density at radius 3 is 2.52 bits per heavy atom. The summed E-state index contributed by atoms with van der Waals surface area (Å²) in [7, 11) is 3.89. The van der Waals surface area contributed by atoms with Crippen LogP contribution in [0.15, 0.2) is 4.99 Å². The molecule has 2 saturated heterocycles. The number of hydrogen-bond acceptors (Lipinski definition) is 4. The van der Waals surface area contributed by atoms with E-state index in [1.165, 1.54) is 0 Å². The maximum atomic E-state index is 12.1. The van der Waals surface area contributed by atoms with Crippen LogP contribution in [-0.2, 0) is 4.79 Å². The quantitative estimate of drug-likeness (QED) is 0.237. The van der Waals surface area contributed by atoms with E-state index in [2.05, 4.69) is 44.7 Å². The van der Waals surface area contributed by atoms with Crippen LogP contribution in [0.25, 0.3) is 0 Å². The Bertz CT molecular complexity index is 507. The van der Waals surface area contributed by atoms with E-state index in [-0.39, 0.29) is 41.8 Å². The van der Waals surface area contributed by atoms with Crippen molar-refractivity contribution in [3.8, 4) is 0 Å². The SMILES string of the molecule is CCN(C)CCNC(=NC)N1CCC(C2(C)NC(=O)NC2=O)CC1.I. The second kappa shape index (κ2) is 9.56. The Morgan fingerprint density at radius 1 is 1.40 bits per heavy atom. The zero-order valence-electron chi connectivity index (χ0n) is 15.6. The van der Waals surface area contributed by atoms with Gasteiger partial charge in [0.25, 0.3) is 5.91 Å². The molecule has 0 radical (unpaired) electrons. The minimum absolute atomic E-state index is 0. The molecule has 9 heteroatoms. The lowest BCUT2D eigenvalue weighted by Gasteiger charge is -2.39. The van der Waals surface area contributed by atoms with Crippen molar-refractivity contribution in [2.24, 2.45) is 10.9 Å². The Kier molecular flexibility index (Phi) is 8.39. The number of halogens is 1. The van der Waals surface area contributed by atoms with E-state index >= 15 is 0 Å². The number of hydrogen-bond donors (Lipinski definition) is 3. The van der Waals surface area contributed by atoms with Crippen LogP contribution in [0.3, 0.4) is 0 Å². The van der Waals surface area contributed by atoms with Crippen LogP contribution in [0.5, 0.6) is 0 Å². The van der Waals surface area contributed by atoms with Gasteiger partial charge in [0, 0.05) is 33.2 Å². The van der Waals surface area contributed by atoms with Crippen molar-refractivity contribution in [1.82, 2.24) is 25.8 Å². The van der Waals surface area contributed by atoms with Crippen molar-refractivity contribution in [3.05, 3.63) is 0 Å². The predicted molar refractivity (Wildman–Crippen MR) is 109 cm³/mol. The second-order valence-corrected chi connectivity index (χ2v) is 6.74. The van der Waals surface area contributed by atoms with E-state index in [1.807, 2.05) is 6.92 Å². The summed E-state index contributed by atoms with van der Waals surface area (Å²) in [5.74, 6) is 0.837. The molecule has 1 atom stereocenters. The minimum Gasteiger partial charge on any atom is -0.355 e. The number of nitrogens with one attached hydrogen (secondary N) is 3.